The molecule has 1 saturated heterocycles. The summed E-state index contributed by atoms with van der Waals surface area (Å²) in [5.41, 5.74) is 1.42. The van der Waals surface area contributed by atoms with Gasteiger partial charge in [0.2, 0.25) is 0 Å². The fraction of sp³-hybridized carbons (Fsp3) is 1.00. The third-order valence-electron chi connectivity index (χ3n) is 3.94. The Bertz CT molecular complexity index is 169. The van der Waals surface area contributed by atoms with E-state index in [1.165, 1.54) is 25.8 Å². The minimum absolute atomic E-state index is 0.664. The van der Waals surface area contributed by atoms with E-state index in [0.29, 0.717) is 5.54 Å². The zero-order valence-corrected chi connectivity index (χ0v) is 5.91. The Hall–Kier alpha value is -0.0400. The predicted molar refractivity (Wildman–Crippen MR) is 36.2 cm³/mol. The van der Waals surface area contributed by atoms with Gasteiger partial charge in [0.05, 0.1) is 0 Å². The molecule has 0 aromatic rings. The minimum Gasteiger partial charge on any atom is -0.310 e. The molecular weight excluding hydrogens is 110 g/mol. The predicted octanol–water partition coefficient (Wildman–Crippen LogP) is 1.15. The van der Waals surface area contributed by atoms with Crippen LogP contribution in [0.5, 0.6) is 0 Å². The molecule has 3 fully saturated rings. The van der Waals surface area contributed by atoms with Crippen LogP contribution in [0.15, 0.2) is 0 Å². The Morgan fingerprint density at radius 1 is 1.44 bits per heavy atom. The SMILES string of the molecule is CC12CC1CNC21CC1. The van der Waals surface area contributed by atoms with E-state index >= 15 is 0 Å². The Balaban J connectivity index is 2.05. The van der Waals surface area contributed by atoms with E-state index < -0.39 is 0 Å². The summed E-state index contributed by atoms with van der Waals surface area (Å²) in [5, 5.41) is 3.65. The van der Waals surface area contributed by atoms with E-state index in [4.69, 9.17) is 0 Å². The lowest BCUT2D eigenvalue weighted by Gasteiger charge is -2.17. The molecule has 2 saturated carbocycles. The van der Waals surface area contributed by atoms with Crippen LogP contribution in [-0.4, -0.2) is 12.1 Å². The first-order valence-corrected chi connectivity index (χ1v) is 4.02. The molecule has 1 spiro atoms. The fourth-order valence-corrected chi connectivity index (χ4v) is 2.73. The molecular formula is C8H13N. The van der Waals surface area contributed by atoms with Crippen molar-refractivity contribution in [3.63, 3.8) is 0 Å². The largest absolute Gasteiger partial charge is 0.310 e. The minimum atomic E-state index is 0.664. The van der Waals surface area contributed by atoms with Crippen molar-refractivity contribution < 1.29 is 0 Å². The smallest absolute Gasteiger partial charge is 0.0239 e. The average Bonchev–Trinajstić information content (AvgIpc) is 2.62. The standard InChI is InChI=1S/C8H13N/c1-7-4-6(7)5-9-8(7)2-3-8/h6,9H,2-5H2,1H3. The van der Waals surface area contributed by atoms with Crippen LogP contribution in [0.2, 0.25) is 0 Å². The second-order valence-electron chi connectivity index (χ2n) is 4.28. The third kappa shape index (κ3) is 0.337. The molecule has 1 nitrogen and oxygen atoms in total. The summed E-state index contributed by atoms with van der Waals surface area (Å²) in [6.45, 7) is 3.78. The van der Waals surface area contributed by atoms with Crippen molar-refractivity contribution in [2.45, 2.75) is 31.7 Å². The van der Waals surface area contributed by atoms with Gasteiger partial charge < -0.3 is 5.32 Å². The van der Waals surface area contributed by atoms with Crippen molar-refractivity contribution in [2.24, 2.45) is 11.3 Å². The summed E-state index contributed by atoms with van der Waals surface area (Å²) in [7, 11) is 0. The van der Waals surface area contributed by atoms with Gasteiger partial charge in [-0.3, -0.25) is 0 Å². The Morgan fingerprint density at radius 3 is 2.44 bits per heavy atom. The molecule has 0 radical (unpaired) electrons. The highest BCUT2D eigenvalue weighted by Gasteiger charge is 2.72. The summed E-state index contributed by atoms with van der Waals surface area (Å²) >= 11 is 0. The molecule has 1 aliphatic heterocycles. The number of fused-ring (bicyclic) bond motifs is 2. The molecule has 0 aromatic carbocycles. The van der Waals surface area contributed by atoms with Crippen LogP contribution in [0.25, 0.3) is 0 Å². The van der Waals surface area contributed by atoms with E-state index in [1.807, 2.05) is 0 Å². The highest BCUT2D eigenvalue weighted by Crippen LogP contribution is 2.70. The van der Waals surface area contributed by atoms with Gasteiger partial charge in [0.1, 0.15) is 0 Å². The maximum absolute atomic E-state index is 3.65. The van der Waals surface area contributed by atoms with E-state index in [9.17, 15) is 0 Å². The molecule has 2 unspecified atom stereocenters. The van der Waals surface area contributed by atoms with Crippen molar-refractivity contribution in [3.8, 4) is 0 Å². The molecule has 0 aromatic heterocycles. The van der Waals surface area contributed by atoms with Gasteiger partial charge >= 0.3 is 0 Å². The van der Waals surface area contributed by atoms with Gasteiger partial charge in [-0.25, -0.2) is 0 Å². The molecule has 3 rings (SSSR count). The number of nitrogens with one attached hydrogen (secondary N) is 1. The first kappa shape index (κ1) is 4.73. The Morgan fingerprint density at radius 2 is 2.22 bits per heavy atom. The molecule has 2 aliphatic carbocycles. The van der Waals surface area contributed by atoms with Crippen LogP contribution in [-0.2, 0) is 0 Å². The first-order chi connectivity index (χ1) is 4.27. The molecule has 1 heteroatoms. The van der Waals surface area contributed by atoms with Gasteiger partial charge in [-0.05, 0) is 37.1 Å². The van der Waals surface area contributed by atoms with E-state index in [2.05, 4.69) is 12.2 Å². The highest BCUT2D eigenvalue weighted by atomic mass is 15.1. The van der Waals surface area contributed by atoms with Crippen molar-refractivity contribution in [1.82, 2.24) is 5.32 Å². The van der Waals surface area contributed by atoms with Crippen LogP contribution in [0.1, 0.15) is 26.2 Å². The molecule has 2 atom stereocenters. The van der Waals surface area contributed by atoms with Crippen molar-refractivity contribution in [2.75, 3.05) is 6.54 Å². The second kappa shape index (κ2) is 0.968. The summed E-state index contributed by atoms with van der Waals surface area (Å²) in [6.07, 6.45) is 4.43. The molecule has 50 valence electrons. The zero-order chi connectivity index (χ0) is 6.11. The summed E-state index contributed by atoms with van der Waals surface area (Å²) in [5.74, 6) is 1.06. The fourth-order valence-electron chi connectivity index (χ4n) is 2.73. The first-order valence-electron chi connectivity index (χ1n) is 4.02. The summed E-state index contributed by atoms with van der Waals surface area (Å²) in [4.78, 5) is 0. The van der Waals surface area contributed by atoms with Gasteiger partial charge in [-0.1, -0.05) is 6.92 Å². The number of rotatable bonds is 0. The normalized spacial score (nSPS) is 57.7. The van der Waals surface area contributed by atoms with E-state index in [-0.39, 0.29) is 0 Å². The Kier molecular flexibility index (Phi) is 0.508. The van der Waals surface area contributed by atoms with Crippen LogP contribution >= 0.6 is 0 Å². The lowest BCUT2D eigenvalue weighted by molar-refractivity contribution is 0.395. The summed E-state index contributed by atoms with van der Waals surface area (Å²) in [6, 6.07) is 0. The summed E-state index contributed by atoms with van der Waals surface area (Å²) < 4.78 is 0. The molecule has 1 N–H and O–H groups in total. The van der Waals surface area contributed by atoms with E-state index in [1.54, 1.807) is 0 Å². The maximum Gasteiger partial charge on any atom is 0.0239 e. The second-order valence-corrected chi connectivity index (χ2v) is 4.28. The van der Waals surface area contributed by atoms with Gasteiger partial charge in [0.25, 0.3) is 0 Å². The van der Waals surface area contributed by atoms with Crippen molar-refractivity contribution in [3.05, 3.63) is 0 Å². The molecule has 1 heterocycles. The van der Waals surface area contributed by atoms with Crippen LogP contribution < -0.4 is 5.32 Å². The average molecular weight is 123 g/mol. The van der Waals surface area contributed by atoms with Gasteiger partial charge in [-0.15, -0.1) is 0 Å². The van der Waals surface area contributed by atoms with Gasteiger partial charge in [-0.2, -0.15) is 0 Å². The quantitative estimate of drug-likeness (QED) is 0.509. The third-order valence-corrected chi connectivity index (χ3v) is 3.94. The van der Waals surface area contributed by atoms with Gasteiger partial charge in [0.15, 0.2) is 0 Å². The lowest BCUT2D eigenvalue weighted by atomic mass is 9.97. The van der Waals surface area contributed by atoms with E-state index in [0.717, 1.165) is 11.3 Å². The van der Waals surface area contributed by atoms with Crippen LogP contribution in [0.3, 0.4) is 0 Å². The molecule has 9 heavy (non-hydrogen) atoms. The zero-order valence-electron chi connectivity index (χ0n) is 5.91. The molecule has 0 amide bonds. The van der Waals surface area contributed by atoms with Crippen molar-refractivity contribution >= 4 is 0 Å². The molecule has 0 bridgehead atoms. The van der Waals surface area contributed by atoms with Crippen LogP contribution in [0.4, 0.5) is 0 Å². The number of hydrogen-bond donors (Lipinski definition) is 1. The number of piperidine rings is 1. The topological polar surface area (TPSA) is 12.0 Å². The molecule has 3 aliphatic rings. The van der Waals surface area contributed by atoms with Crippen LogP contribution in [0, 0.1) is 11.3 Å². The van der Waals surface area contributed by atoms with Crippen molar-refractivity contribution in [1.29, 1.82) is 0 Å². The monoisotopic (exact) mass is 123 g/mol. The maximum atomic E-state index is 3.65. The highest BCUT2D eigenvalue weighted by molar-refractivity contribution is 5.27. The number of hydrogen-bond acceptors (Lipinski definition) is 1. The lowest BCUT2D eigenvalue weighted by Crippen LogP contribution is -2.32. The van der Waals surface area contributed by atoms with Gasteiger partial charge in [0, 0.05) is 5.54 Å². The Labute approximate surface area is 55.8 Å².